The maximum Gasteiger partial charge on any atom is 0.240 e. The SMILES string of the molecule is CC(C)Oc1cccc(C(O)CNC(=O)C2(C#N)CCCC2)c1. The van der Waals surface area contributed by atoms with E-state index in [-0.39, 0.29) is 18.6 Å². The fourth-order valence-electron chi connectivity index (χ4n) is 2.91. The molecule has 5 nitrogen and oxygen atoms in total. The van der Waals surface area contributed by atoms with Crippen LogP contribution in [0.3, 0.4) is 0 Å². The summed E-state index contributed by atoms with van der Waals surface area (Å²) < 4.78 is 5.60. The molecule has 0 aliphatic heterocycles. The van der Waals surface area contributed by atoms with Crippen LogP contribution >= 0.6 is 0 Å². The van der Waals surface area contributed by atoms with Crippen molar-refractivity contribution in [1.82, 2.24) is 5.32 Å². The highest BCUT2D eigenvalue weighted by Crippen LogP contribution is 2.37. The van der Waals surface area contributed by atoms with Crippen molar-refractivity contribution in [3.8, 4) is 11.8 Å². The Bertz CT molecular complexity index is 586. The third-order valence-electron chi connectivity index (χ3n) is 4.18. The number of aliphatic hydroxyl groups excluding tert-OH is 1. The number of rotatable bonds is 6. The molecule has 1 aromatic rings. The highest BCUT2D eigenvalue weighted by molar-refractivity contribution is 5.85. The maximum atomic E-state index is 12.3. The van der Waals surface area contributed by atoms with Crippen molar-refractivity contribution in [3.05, 3.63) is 29.8 Å². The number of carbonyl (C=O) groups is 1. The number of aliphatic hydroxyl groups is 1. The number of ether oxygens (including phenoxy) is 1. The first-order valence-corrected chi connectivity index (χ1v) is 8.11. The van der Waals surface area contributed by atoms with Crippen LogP contribution in [0.15, 0.2) is 24.3 Å². The highest BCUT2D eigenvalue weighted by atomic mass is 16.5. The zero-order chi connectivity index (χ0) is 16.9. The Morgan fingerprint density at radius 2 is 2.13 bits per heavy atom. The summed E-state index contributed by atoms with van der Waals surface area (Å²) in [4.78, 5) is 12.3. The van der Waals surface area contributed by atoms with E-state index in [0.29, 0.717) is 24.2 Å². The predicted octanol–water partition coefficient (Wildman–Crippen LogP) is 2.71. The molecule has 0 spiro atoms. The quantitative estimate of drug-likeness (QED) is 0.845. The lowest BCUT2D eigenvalue weighted by Crippen LogP contribution is -2.40. The molecule has 124 valence electrons. The lowest BCUT2D eigenvalue weighted by atomic mass is 9.87. The predicted molar refractivity (Wildman–Crippen MR) is 86.7 cm³/mol. The highest BCUT2D eigenvalue weighted by Gasteiger charge is 2.41. The van der Waals surface area contributed by atoms with E-state index in [2.05, 4.69) is 11.4 Å². The molecule has 0 aromatic heterocycles. The zero-order valence-corrected chi connectivity index (χ0v) is 13.7. The monoisotopic (exact) mass is 316 g/mol. The fourth-order valence-corrected chi connectivity index (χ4v) is 2.91. The van der Waals surface area contributed by atoms with Crippen LogP contribution in [0.2, 0.25) is 0 Å². The van der Waals surface area contributed by atoms with Crippen LogP contribution in [-0.2, 0) is 4.79 Å². The normalized spacial score (nSPS) is 17.5. The van der Waals surface area contributed by atoms with E-state index in [1.165, 1.54) is 0 Å². The van der Waals surface area contributed by atoms with Gasteiger partial charge in [0, 0.05) is 6.54 Å². The minimum atomic E-state index is -0.914. The van der Waals surface area contributed by atoms with Gasteiger partial charge in [0.25, 0.3) is 0 Å². The summed E-state index contributed by atoms with van der Waals surface area (Å²) in [5, 5.41) is 22.3. The second-order valence-corrected chi connectivity index (χ2v) is 6.37. The molecule has 0 bridgehead atoms. The molecule has 23 heavy (non-hydrogen) atoms. The summed E-state index contributed by atoms with van der Waals surface area (Å²) in [7, 11) is 0. The summed E-state index contributed by atoms with van der Waals surface area (Å²) in [5.74, 6) is 0.415. The molecular formula is C18H24N2O3. The van der Waals surface area contributed by atoms with Crippen molar-refractivity contribution < 1.29 is 14.6 Å². The Hall–Kier alpha value is -2.06. The Morgan fingerprint density at radius 3 is 2.74 bits per heavy atom. The van der Waals surface area contributed by atoms with Gasteiger partial charge in [-0.2, -0.15) is 5.26 Å². The average Bonchev–Trinajstić information content (AvgIpc) is 3.02. The van der Waals surface area contributed by atoms with Crippen molar-refractivity contribution in [2.45, 2.75) is 51.7 Å². The lowest BCUT2D eigenvalue weighted by molar-refractivity contribution is -0.128. The van der Waals surface area contributed by atoms with Crippen LogP contribution in [0.5, 0.6) is 5.75 Å². The van der Waals surface area contributed by atoms with E-state index in [9.17, 15) is 15.2 Å². The standard InChI is InChI=1S/C18H24N2O3/c1-13(2)23-15-7-5-6-14(10-15)16(21)11-20-17(22)18(12-19)8-3-4-9-18/h5-7,10,13,16,21H,3-4,8-9,11H2,1-2H3,(H,20,22). The molecule has 1 aromatic carbocycles. The Kier molecular flexibility index (Phi) is 5.62. The smallest absolute Gasteiger partial charge is 0.240 e. The van der Waals surface area contributed by atoms with E-state index in [4.69, 9.17) is 4.74 Å². The topological polar surface area (TPSA) is 82.3 Å². The second kappa shape index (κ2) is 7.47. The molecule has 1 aliphatic rings. The summed E-state index contributed by atoms with van der Waals surface area (Å²) >= 11 is 0. The molecular weight excluding hydrogens is 292 g/mol. The van der Waals surface area contributed by atoms with Gasteiger partial charge in [0.1, 0.15) is 11.2 Å². The van der Waals surface area contributed by atoms with Gasteiger partial charge in [-0.25, -0.2) is 0 Å². The Labute approximate surface area is 137 Å². The summed E-state index contributed by atoms with van der Waals surface area (Å²) in [6, 6.07) is 9.36. The largest absolute Gasteiger partial charge is 0.491 e. The van der Waals surface area contributed by atoms with Crippen LogP contribution in [-0.4, -0.2) is 23.7 Å². The Balaban J connectivity index is 1.95. The van der Waals surface area contributed by atoms with Gasteiger partial charge in [-0.1, -0.05) is 25.0 Å². The maximum absolute atomic E-state index is 12.3. The molecule has 5 heteroatoms. The van der Waals surface area contributed by atoms with Gasteiger partial charge < -0.3 is 15.2 Å². The van der Waals surface area contributed by atoms with Gasteiger partial charge in [0.05, 0.1) is 18.3 Å². The van der Waals surface area contributed by atoms with Crippen molar-refractivity contribution in [3.63, 3.8) is 0 Å². The number of nitrogens with one attached hydrogen (secondary N) is 1. The van der Waals surface area contributed by atoms with E-state index < -0.39 is 11.5 Å². The summed E-state index contributed by atoms with van der Waals surface area (Å²) in [6.45, 7) is 3.96. The molecule has 1 saturated carbocycles. The first-order valence-electron chi connectivity index (χ1n) is 8.11. The number of nitriles is 1. The minimum absolute atomic E-state index is 0.0555. The summed E-state index contributed by atoms with van der Waals surface area (Å²) in [6.07, 6.45) is 2.23. The zero-order valence-electron chi connectivity index (χ0n) is 13.7. The fraction of sp³-hybridized carbons (Fsp3) is 0.556. The van der Waals surface area contributed by atoms with Crippen LogP contribution in [0.1, 0.15) is 51.2 Å². The number of benzene rings is 1. The van der Waals surface area contributed by atoms with Crippen LogP contribution in [0.4, 0.5) is 0 Å². The van der Waals surface area contributed by atoms with Crippen LogP contribution < -0.4 is 10.1 Å². The van der Waals surface area contributed by atoms with E-state index in [1.54, 1.807) is 12.1 Å². The molecule has 0 heterocycles. The molecule has 0 radical (unpaired) electrons. The second-order valence-electron chi connectivity index (χ2n) is 6.37. The number of amides is 1. The van der Waals surface area contributed by atoms with Crippen molar-refractivity contribution in [2.24, 2.45) is 5.41 Å². The average molecular weight is 316 g/mol. The molecule has 2 N–H and O–H groups in total. The number of nitrogens with zero attached hydrogens (tertiary/aromatic N) is 1. The molecule has 2 rings (SSSR count). The molecule has 0 saturated heterocycles. The number of hydrogen-bond acceptors (Lipinski definition) is 4. The number of carbonyl (C=O) groups excluding carboxylic acids is 1. The van der Waals surface area contributed by atoms with Gasteiger partial charge in [-0.3, -0.25) is 4.79 Å². The molecule has 1 aliphatic carbocycles. The summed E-state index contributed by atoms with van der Waals surface area (Å²) in [5.41, 5.74) is -0.233. The van der Waals surface area contributed by atoms with E-state index >= 15 is 0 Å². The Morgan fingerprint density at radius 1 is 1.43 bits per heavy atom. The van der Waals surface area contributed by atoms with Crippen LogP contribution in [0, 0.1) is 16.7 Å². The van der Waals surface area contributed by atoms with Gasteiger partial charge in [0.15, 0.2) is 0 Å². The van der Waals surface area contributed by atoms with Crippen molar-refractivity contribution in [1.29, 1.82) is 5.26 Å². The number of hydrogen-bond donors (Lipinski definition) is 2. The van der Waals surface area contributed by atoms with Gasteiger partial charge in [-0.05, 0) is 44.4 Å². The molecule has 1 atom stereocenters. The molecule has 1 amide bonds. The van der Waals surface area contributed by atoms with Crippen molar-refractivity contribution >= 4 is 5.91 Å². The first-order chi connectivity index (χ1) is 11.0. The molecule has 1 unspecified atom stereocenters. The lowest BCUT2D eigenvalue weighted by Gasteiger charge is -2.21. The van der Waals surface area contributed by atoms with Crippen molar-refractivity contribution in [2.75, 3.05) is 6.54 Å². The van der Waals surface area contributed by atoms with Gasteiger partial charge >= 0.3 is 0 Å². The third kappa shape index (κ3) is 4.23. The third-order valence-corrected chi connectivity index (χ3v) is 4.18. The van der Waals surface area contributed by atoms with E-state index in [0.717, 1.165) is 12.8 Å². The molecule has 1 fully saturated rings. The van der Waals surface area contributed by atoms with E-state index in [1.807, 2.05) is 26.0 Å². The van der Waals surface area contributed by atoms with Gasteiger partial charge in [0.2, 0.25) is 5.91 Å². The first kappa shape index (κ1) is 17.3. The van der Waals surface area contributed by atoms with Crippen LogP contribution in [0.25, 0.3) is 0 Å². The minimum Gasteiger partial charge on any atom is -0.491 e. The van der Waals surface area contributed by atoms with Gasteiger partial charge in [-0.15, -0.1) is 0 Å².